The molecule has 0 bridgehead atoms. The van der Waals surface area contributed by atoms with Crippen molar-refractivity contribution in [1.82, 2.24) is 9.97 Å². The molecule has 1 atom stereocenters. The minimum atomic E-state index is -0.136. The largest absolute Gasteiger partial charge is 0.371 e. The highest BCUT2D eigenvalue weighted by Gasteiger charge is 2.10. The van der Waals surface area contributed by atoms with Gasteiger partial charge in [-0.2, -0.15) is 0 Å². The third-order valence-electron chi connectivity index (χ3n) is 1.73. The first-order valence-corrected chi connectivity index (χ1v) is 4.44. The van der Waals surface area contributed by atoms with Gasteiger partial charge < -0.3 is 9.72 Å². The van der Waals surface area contributed by atoms with E-state index in [1.54, 1.807) is 0 Å². The van der Waals surface area contributed by atoms with E-state index < -0.39 is 0 Å². The number of aromatic nitrogens is 2. The molecule has 0 spiro atoms. The van der Waals surface area contributed by atoms with Crippen molar-refractivity contribution >= 4 is 0 Å². The number of hydrogen-bond donors (Lipinski definition) is 1. The summed E-state index contributed by atoms with van der Waals surface area (Å²) in [5, 5.41) is 0. The fourth-order valence-corrected chi connectivity index (χ4v) is 1.14. The molecule has 1 unspecified atom stereocenters. The topological polar surface area (TPSA) is 55.0 Å². The van der Waals surface area contributed by atoms with Gasteiger partial charge in [-0.3, -0.25) is 4.79 Å². The average molecular weight is 182 g/mol. The van der Waals surface area contributed by atoms with Crippen molar-refractivity contribution in [3.63, 3.8) is 0 Å². The number of hydrogen-bond acceptors (Lipinski definition) is 3. The van der Waals surface area contributed by atoms with E-state index in [-0.39, 0.29) is 11.7 Å². The third kappa shape index (κ3) is 2.66. The van der Waals surface area contributed by atoms with Gasteiger partial charge in [0.2, 0.25) is 0 Å². The Morgan fingerprint density at radius 1 is 1.62 bits per heavy atom. The second-order valence-corrected chi connectivity index (χ2v) is 2.67. The Bertz CT molecular complexity index is 308. The molecular weight excluding hydrogens is 168 g/mol. The van der Waals surface area contributed by atoms with Crippen LogP contribution in [-0.4, -0.2) is 16.6 Å². The van der Waals surface area contributed by atoms with Crippen molar-refractivity contribution in [2.75, 3.05) is 6.61 Å². The number of aromatic amines is 1. The summed E-state index contributed by atoms with van der Waals surface area (Å²) >= 11 is 0. The summed E-state index contributed by atoms with van der Waals surface area (Å²) in [6.45, 7) is 4.54. The molecule has 0 amide bonds. The second kappa shape index (κ2) is 4.77. The van der Waals surface area contributed by atoms with E-state index in [9.17, 15) is 4.79 Å². The van der Waals surface area contributed by atoms with Gasteiger partial charge >= 0.3 is 0 Å². The van der Waals surface area contributed by atoms with E-state index in [2.05, 4.69) is 9.97 Å². The molecule has 72 valence electrons. The summed E-state index contributed by atoms with van der Waals surface area (Å²) in [6.07, 6.45) is 2.20. The molecule has 0 fully saturated rings. The number of rotatable bonds is 4. The van der Waals surface area contributed by atoms with Crippen LogP contribution in [0.15, 0.2) is 17.1 Å². The normalized spacial score (nSPS) is 12.8. The highest BCUT2D eigenvalue weighted by molar-refractivity contribution is 4.93. The Balaban J connectivity index is 2.84. The van der Waals surface area contributed by atoms with Gasteiger partial charge in [-0.15, -0.1) is 0 Å². The molecule has 1 N–H and O–H groups in total. The highest BCUT2D eigenvalue weighted by atomic mass is 16.5. The lowest BCUT2D eigenvalue weighted by molar-refractivity contribution is 0.0533. The van der Waals surface area contributed by atoms with Gasteiger partial charge in [0.1, 0.15) is 11.9 Å². The van der Waals surface area contributed by atoms with Gasteiger partial charge in [0.15, 0.2) is 0 Å². The van der Waals surface area contributed by atoms with E-state index in [1.807, 2.05) is 13.8 Å². The lowest BCUT2D eigenvalue weighted by atomic mass is 10.2. The van der Waals surface area contributed by atoms with Crippen LogP contribution in [0.3, 0.4) is 0 Å². The maximum absolute atomic E-state index is 11.0. The fraction of sp³-hybridized carbons (Fsp3) is 0.556. The van der Waals surface area contributed by atoms with E-state index >= 15 is 0 Å². The summed E-state index contributed by atoms with van der Waals surface area (Å²) in [7, 11) is 0. The van der Waals surface area contributed by atoms with Gasteiger partial charge in [0.25, 0.3) is 5.56 Å². The van der Waals surface area contributed by atoms with Gasteiger partial charge in [0, 0.05) is 18.9 Å². The first-order valence-electron chi connectivity index (χ1n) is 4.44. The molecule has 0 saturated heterocycles. The Labute approximate surface area is 77.0 Å². The Morgan fingerprint density at radius 3 is 2.92 bits per heavy atom. The van der Waals surface area contributed by atoms with E-state index in [0.717, 1.165) is 6.42 Å². The monoisotopic (exact) mass is 182 g/mol. The molecular formula is C9H14N2O2. The predicted molar refractivity (Wildman–Crippen MR) is 49.5 cm³/mol. The molecule has 1 heterocycles. The first-order chi connectivity index (χ1) is 6.27. The Kier molecular flexibility index (Phi) is 3.64. The molecule has 4 heteroatoms. The standard InChI is InChI=1S/C9H14N2O2/c1-3-7(13-4-2)9-10-6-5-8(12)11-9/h5-7H,3-4H2,1-2H3,(H,10,11,12). The number of nitrogens with zero attached hydrogens (tertiary/aromatic N) is 1. The second-order valence-electron chi connectivity index (χ2n) is 2.67. The first kappa shape index (κ1) is 9.92. The van der Waals surface area contributed by atoms with Crippen molar-refractivity contribution in [1.29, 1.82) is 0 Å². The minimum absolute atomic E-state index is 0.0982. The average Bonchev–Trinajstić information content (AvgIpc) is 2.14. The minimum Gasteiger partial charge on any atom is -0.371 e. The molecule has 0 saturated carbocycles. The van der Waals surface area contributed by atoms with Crippen molar-refractivity contribution in [3.8, 4) is 0 Å². The van der Waals surface area contributed by atoms with Gasteiger partial charge in [0.05, 0.1) is 0 Å². The summed E-state index contributed by atoms with van der Waals surface area (Å²) in [5.41, 5.74) is -0.136. The van der Waals surface area contributed by atoms with E-state index in [1.165, 1.54) is 12.3 Å². The van der Waals surface area contributed by atoms with Gasteiger partial charge in [-0.05, 0) is 13.3 Å². The van der Waals surface area contributed by atoms with Crippen molar-refractivity contribution < 1.29 is 4.74 Å². The zero-order valence-corrected chi connectivity index (χ0v) is 7.91. The molecule has 0 aliphatic rings. The lowest BCUT2D eigenvalue weighted by Gasteiger charge is -2.12. The third-order valence-corrected chi connectivity index (χ3v) is 1.73. The SMILES string of the molecule is CCOC(CC)c1nccc(=O)[nH]1. The van der Waals surface area contributed by atoms with Gasteiger partial charge in [-0.25, -0.2) is 4.98 Å². The van der Waals surface area contributed by atoms with E-state index in [0.29, 0.717) is 12.4 Å². The number of H-pyrrole nitrogens is 1. The molecule has 4 nitrogen and oxygen atoms in total. The summed E-state index contributed by atoms with van der Waals surface area (Å²) in [6, 6.07) is 1.39. The predicted octanol–water partition coefficient (Wildman–Crippen LogP) is 1.26. The smallest absolute Gasteiger partial charge is 0.250 e. The van der Waals surface area contributed by atoms with Crippen LogP contribution in [0.1, 0.15) is 32.2 Å². The zero-order chi connectivity index (χ0) is 9.68. The molecule has 0 radical (unpaired) electrons. The molecule has 0 aliphatic heterocycles. The van der Waals surface area contributed by atoms with Crippen molar-refractivity contribution in [3.05, 3.63) is 28.4 Å². The van der Waals surface area contributed by atoms with Crippen LogP contribution in [-0.2, 0) is 4.74 Å². The number of ether oxygens (including phenoxy) is 1. The summed E-state index contributed by atoms with van der Waals surface area (Å²) < 4.78 is 5.40. The molecule has 1 aromatic rings. The maximum Gasteiger partial charge on any atom is 0.250 e. The molecule has 0 aliphatic carbocycles. The molecule has 1 aromatic heterocycles. The highest BCUT2D eigenvalue weighted by Crippen LogP contribution is 2.14. The van der Waals surface area contributed by atoms with Crippen LogP contribution in [0.25, 0.3) is 0 Å². The lowest BCUT2D eigenvalue weighted by Crippen LogP contribution is -2.14. The van der Waals surface area contributed by atoms with Crippen LogP contribution in [0.4, 0.5) is 0 Å². The van der Waals surface area contributed by atoms with Crippen LogP contribution in [0.5, 0.6) is 0 Å². The zero-order valence-electron chi connectivity index (χ0n) is 7.91. The van der Waals surface area contributed by atoms with Crippen molar-refractivity contribution in [2.45, 2.75) is 26.4 Å². The van der Waals surface area contributed by atoms with Crippen LogP contribution in [0, 0.1) is 0 Å². The molecule has 13 heavy (non-hydrogen) atoms. The van der Waals surface area contributed by atoms with Crippen LogP contribution in [0.2, 0.25) is 0 Å². The molecule has 1 rings (SSSR count). The Morgan fingerprint density at radius 2 is 2.38 bits per heavy atom. The van der Waals surface area contributed by atoms with Crippen LogP contribution >= 0.6 is 0 Å². The van der Waals surface area contributed by atoms with Crippen LogP contribution < -0.4 is 5.56 Å². The van der Waals surface area contributed by atoms with E-state index in [4.69, 9.17) is 4.74 Å². The maximum atomic E-state index is 11.0. The molecule has 0 aromatic carbocycles. The van der Waals surface area contributed by atoms with Crippen molar-refractivity contribution in [2.24, 2.45) is 0 Å². The Hall–Kier alpha value is -1.16. The number of nitrogens with one attached hydrogen (secondary N) is 1. The van der Waals surface area contributed by atoms with Gasteiger partial charge in [-0.1, -0.05) is 6.92 Å². The summed E-state index contributed by atoms with van der Waals surface area (Å²) in [4.78, 5) is 17.7. The quantitative estimate of drug-likeness (QED) is 0.762. The fourth-order valence-electron chi connectivity index (χ4n) is 1.14. The summed E-state index contributed by atoms with van der Waals surface area (Å²) in [5.74, 6) is 0.608.